The van der Waals surface area contributed by atoms with Crippen LogP contribution in [-0.4, -0.2) is 62.7 Å². The van der Waals surface area contributed by atoms with Gasteiger partial charge in [0.15, 0.2) is 11.5 Å². The molecule has 0 aromatic heterocycles. The van der Waals surface area contributed by atoms with Crippen LogP contribution in [0.3, 0.4) is 0 Å². The van der Waals surface area contributed by atoms with E-state index in [-0.39, 0.29) is 29.9 Å². The third kappa shape index (κ3) is 7.70. The highest BCUT2D eigenvalue weighted by atomic mass is 35.5. The highest BCUT2D eigenvalue weighted by molar-refractivity contribution is 7.92. The van der Waals surface area contributed by atoms with E-state index in [1.165, 1.54) is 11.8 Å². The summed E-state index contributed by atoms with van der Waals surface area (Å²) in [6, 6.07) is 8.67. The normalized spacial score (nSPS) is 14.3. The minimum Gasteiger partial charge on any atom is -0.486 e. The Bertz CT molecular complexity index is 1290. The van der Waals surface area contributed by atoms with Crippen LogP contribution in [0, 0.1) is 0 Å². The molecular formula is C27H35Cl2N3O6S. The number of nitrogens with one attached hydrogen (secondary N) is 1. The zero-order valence-corrected chi connectivity index (χ0v) is 24.9. The lowest BCUT2D eigenvalue weighted by Crippen LogP contribution is -2.53. The summed E-state index contributed by atoms with van der Waals surface area (Å²) in [7, 11) is -3.89. The van der Waals surface area contributed by atoms with Gasteiger partial charge in [0.05, 0.1) is 11.4 Å². The molecule has 0 radical (unpaired) electrons. The maximum Gasteiger partial charge on any atom is 0.244 e. The van der Waals surface area contributed by atoms with Gasteiger partial charge in [-0.15, -0.1) is 0 Å². The molecule has 2 atom stereocenters. The van der Waals surface area contributed by atoms with Crippen molar-refractivity contribution in [3.63, 3.8) is 0 Å². The predicted molar refractivity (Wildman–Crippen MR) is 153 cm³/mol. The minimum absolute atomic E-state index is 0.0115. The second-order valence-corrected chi connectivity index (χ2v) is 12.3. The van der Waals surface area contributed by atoms with Gasteiger partial charge in [-0.05, 0) is 56.5 Å². The molecule has 2 unspecified atom stereocenters. The molecule has 1 aliphatic rings. The number of carbonyl (C=O) groups is 2. The number of carbonyl (C=O) groups excluding carboxylic acids is 2. The van der Waals surface area contributed by atoms with Crippen molar-refractivity contribution in [2.24, 2.45) is 0 Å². The van der Waals surface area contributed by atoms with Gasteiger partial charge in [-0.3, -0.25) is 13.9 Å². The van der Waals surface area contributed by atoms with E-state index in [9.17, 15) is 18.0 Å². The number of fused-ring (bicyclic) bond motifs is 1. The monoisotopic (exact) mass is 599 g/mol. The summed E-state index contributed by atoms with van der Waals surface area (Å²) in [5, 5.41) is 3.70. The molecule has 0 bridgehead atoms. The van der Waals surface area contributed by atoms with Gasteiger partial charge in [0.1, 0.15) is 25.8 Å². The van der Waals surface area contributed by atoms with E-state index in [0.717, 1.165) is 4.31 Å². The van der Waals surface area contributed by atoms with E-state index in [4.69, 9.17) is 32.7 Å². The van der Waals surface area contributed by atoms with Gasteiger partial charge >= 0.3 is 0 Å². The van der Waals surface area contributed by atoms with Crippen LogP contribution in [0.1, 0.15) is 46.1 Å². The van der Waals surface area contributed by atoms with Crippen molar-refractivity contribution < 1.29 is 27.5 Å². The van der Waals surface area contributed by atoms with Crippen molar-refractivity contribution in [2.45, 2.75) is 59.2 Å². The van der Waals surface area contributed by atoms with Crippen molar-refractivity contribution >= 4 is 50.7 Å². The number of nitrogens with zero attached hydrogens (tertiary/aromatic N) is 2. The molecule has 1 heterocycles. The Kier molecular flexibility index (Phi) is 10.7. The van der Waals surface area contributed by atoms with Crippen LogP contribution in [0.2, 0.25) is 10.0 Å². The third-order valence-electron chi connectivity index (χ3n) is 6.54. The fraction of sp³-hybridized carbons (Fsp3) is 0.481. The summed E-state index contributed by atoms with van der Waals surface area (Å²) in [5.74, 6) is -0.221. The maximum absolute atomic E-state index is 13.9. The Balaban J connectivity index is 2.00. The number of halogens is 2. The number of hydrogen-bond acceptors (Lipinski definition) is 6. The molecule has 9 nitrogen and oxygen atoms in total. The Hall–Kier alpha value is -2.69. The van der Waals surface area contributed by atoms with Crippen molar-refractivity contribution in [3.05, 3.63) is 52.0 Å². The Labute approximate surface area is 240 Å². The van der Waals surface area contributed by atoms with Crippen molar-refractivity contribution in [1.82, 2.24) is 10.2 Å². The molecule has 0 saturated carbocycles. The Morgan fingerprint density at radius 1 is 1.00 bits per heavy atom. The molecule has 0 saturated heterocycles. The van der Waals surface area contributed by atoms with Gasteiger partial charge in [0, 0.05) is 28.7 Å². The zero-order chi connectivity index (χ0) is 28.7. The molecule has 0 aliphatic carbocycles. The summed E-state index contributed by atoms with van der Waals surface area (Å²) in [6.45, 7) is 7.32. The van der Waals surface area contributed by atoms with Gasteiger partial charge < -0.3 is 19.7 Å². The lowest BCUT2D eigenvalue weighted by molar-refractivity contribution is -0.140. The second-order valence-electron chi connectivity index (χ2n) is 9.23. The number of benzene rings is 2. The summed E-state index contributed by atoms with van der Waals surface area (Å²) >= 11 is 12.5. The quantitative estimate of drug-likeness (QED) is 0.381. The van der Waals surface area contributed by atoms with Crippen LogP contribution in [0.5, 0.6) is 11.5 Å². The average Bonchev–Trinajstić information content (AvgIpc) is 2.92. The third-order valence-corrected chi connectivity index (χ3v) is 8.86. The van der Waals surface area contributed by atoms with Gasteiger partial charge in [0.25, 0.3) is 0 Å². The zero-order valence-electron chi connectivity index (χ0n) is 22.6. The second kappa shape index (κ2) is 13.6. The van der Waals surface area contributed by atoms with Crippen LogP contribution in [-0.2, 0) is 26.2 Å². The van der Waals surface area contributed by atoms with E-state index in [2.05, 4.69) is 5.32 Å². The van der Waals surface area contributed by atoms with E-state index in [1.807, 2.05) is 13.8 Å². The number of ether oxygens (including phenoxy) is 2. The van der Waals surface area contributed by atoms with E-state index >= 15 is 0 Å². The smallest absolute Gasteiger partial charge is 0.244 e. The molecule has 2 aromatic rings. The summed E-state index contributed by atoms with van der Waals surface area (Å²) in [5.41, 5.74) is 0.837. The molecule has 2 aromatic carbocycles. The number of sulfonamides is 1. The molecular weight excluding hydrogens is 565 g/mol. The molecule has 12 heteroatoms. The molecule has 3 rings (SSSR count). The molecule has 39 heavy (non-hydrogen) atoms. The van der Waals surface area contributed by atoms with Crippen molar-refractivity contribution in [1.29, 1.82) is 0 Å². The first-order valence-corrected chi connectivity index (χ1v) is 15.3. The fourth-order valence-electron chi connectivity index (χ4n) is 4.10. The minimum atomic E-state index is -3.89. The van der Waals surface area contributed by atoms with Crippen LogP contribution in [0.4, 0.5) is 5.69 Å². The lowest BCUT2D eigenvalue weighted by Gasteiger charge is -2.34. The average molecular weight is 601 g/mol. The number of anilines is 1. The highest BCUT2D eigenvalue weighted by Gasteiger charge is 2.33. The first-order chi connectivity index (χ1) is 18.5. The molecule has 1 aliphatic heterocycles. The van der Waals surface area contributed by atoms with Gasteiger partial charge in [-0.25, -0.2) is 8.42 Å². The molecule has 2 amide bonds. The SMILES string of the molecule is CCC(C)NC(=O)C(CC)N(Cc1ccc(Cl)cc1Cl)C(=O)CN(c1ccc2c(c1)OCCO2)S(=O)(=O)CC. The Morgan fingerprint density at radius 2 is 1.69 bits per heavy atom. The van der Waals surface area contributed by atoms with Crippen LogP contribution < -0.4 is 19.1 Å². The first kappa shape index (κ1) is 30.8. The maximum atomic E-state index is 13.9. The van der Waals surface area contributed by atoms with Gasteiger partial charge in [0.2, 0.25) is 21.8 Å². The lowest BCUT2D eigenvalue weighted by atomic mass is 10.1. The molecule has 214 valence electrons. The number of rotatable bonds is 12. The fourth-order valence-corrected chi connectivity index (χ4v) is 5.62. The summed E-state index contributed by atoms with van der Waals surface area (Å²) < 4.78 is 38.6. The summed E-state index contributed by atoms with van der Waals surface area (Å²) in [4.78, 5) is 28.6. The molecule has 0 fully saturated rings. The van der Waals surface area contributed by atoms with Crippen molar-refractivity contribution in [2.75, 3.05) is 29.8 Å². The Morgan fingerprint density at radius 3 is 2.31 bits per heavy atom. The molecule has 1 N–H and O–H groups in total. The van der Waals surface area contributed by atoms with Gasteiger partial charge in [-0.1, -0.05) is 43.1 Å². The predicted octanol–water partition coefficient (Wildman–Crippen LogP) is 4.64. The van der Waals surface area contributed by atoms with Crippen LogP contribution in [0.15, 0.2) is 36.4 Å². The number of hydrogen-bond donors (Lipinski definition) is 1. The highest BCUT2D eigenvalue weighted by Crippen LogP contribution is 2.35. The van der Waals surface area contributed by atoms with E-state index in [0.29, 0.717) is 53.2 Å². The number of amides is 2. The standard InChI is InChI=1S/C27H35Cl2N3O6S/c1-5-18(4)30-27(34)23(6-2)31(16-19-8-9-20(28)14-22(19)29)26(33)17-32(39(35,36)7-3)21-10-11-24-25(15-21)38-13-12-37-24/h8-11,14-15,18,23H,5-7,12-13,16-17H2,1-4H3,(H,30,34). The van der Waals surface area contributed by atoms with Gasteiger partial charge in [-0.2, -0.15) is 0 Å². The molecule has 0 spiro atoms. The summed E-state index contributed by atoms with van der Waals surface area (Å²) in [6.07, 6.45) is 1.02. The van der Waals surface area contributed by atoms with E-state index in [1.54, 1.807) is 43.3 Å². The van der Waals surface area contributed by atoms with Crippen LogP contribution in [0.25, 0.3) is 0 Å². The van der Waals surface area contributed by atoms with Crippen LogP contribution >= 0.6 is 23.2 Å². The van der Waals surface area contributed by atoms with E-state index < -0.39 is 28.5 Å². The largest absolute Gasteiger partial charge is 0.486 e. The first-order valence-electron chi connectivity index (χ1n) is 12.9. The van der Waals surface area contributed by atoms with Crippen molar-refractivity contribution in [3.8, 4) is 11.5 Å². The topological polar surface area (TPSA) is 105 Å².